The average Bonchev–Trinajstić information content (AvgIpc) is 3.26. The smallest absolute Gasteiger partial charge is 0.346 e. The molecule has 7 nitrogen and oxygen atoms in total. The number of ether oxygens (including phenoxy) is 1. The van der Waals surface area contributed by atoms with Gasteiger partial charge in [0, 0.05) is 11.4 Å². The molecule has 1 saturated heterocycles. The van der Waals surface area contributed by atoms with Gasteiger partial charge in [-0.3, -0.25) is 4.79 Å². The van der Waals surface area contributed by atoms with Crippen LogP contribution < -0.4 is 5.73 Å². The molecule has 3 heterocycles. The van der Waals surface area contributed by atoms with Gasteiger partial charge in [0.1, 0.15) is 5.56 Å². The number of nitrogens with zero attached hydrogens (tertiary/aromatic N) is 2. The Morgan fingerprint density at radius 2 is 2.33 bits per heavy atom. The molecular formula is C16H19N3O4S. The molecule has 2 atom stereocenters. The van der Waals surface area contributed by atoms with E-state index in [-0.39, 0.29) is 23.4 Å². The summed E-state index contributed by atoms with van der Waals surface area (Å²) < 4.78 is 10.0. The van der Waals surface area contributed by atoms with Gasteiger partial charge in [-0.25, -0.2) is 4.79 Å². The van der Waals surface area contributed by atoms with E-state index in [1.54, 1.807) is 30.1 Å². The second-order valence-corrected chi connectivity index (χ2v) is 6.74. The van der Waals surface area contributed by atoms with Crippen LogP contribution in [-0.2, 0) is 9.53 Å². The number of anilines is 1. The Balaban J connectivity index is 1.69. The van der Waals surface area contributed by atoms with Gasteiger partial charge in [0.2, 0.25) is 5.88 Å². The van der Waals surface area contributed by atoms with Crippen molar-refractivity contribution in [2.75, 3.05) is 12.3 Å². The first-order chi connectivity index (χ1) is 11.5. The molecule has 128 valence electrons. The van der Waals surface area contributed by atoms with E-state index in [1.165, 1.54) is 0 Å². The normalized spacial score (nSPS) is 18.6. The lowest BCUT2D eigenvalue weighted by Gasteiger charge is -2.26. The summed E-state index contributed by atoms with van der Waals surface area (Å²) in [5.41, 5.74) is 6.00. The number of likely N-dealkylation sites (tertiary alicyclic amines) is 1. The molecule has 2 aromatic heterocycles. The summed E-state index contributed by atoms with van der Waals surface area (Å²) in [4.78, 5) is 27.9. The number of hydrogen-bond donors (Lipinski definition) is 1. The Labute approximate surface area is 143 Å². The van der Waals surface area contributed by atoms with Crippen molar-refractivity contribution >= 4 is 29.1 Å². The Bertz CT molecular complexity index is 721. The summed E-state index contributed by atoms with van der Waals surface area (Å²) >= 11 is 1.63. The molecule has 1 amide bonds. The topological polar surface area (TPSA) is 98.7 Å². The molecular weight excluding hydrogens is 330 g/mol. The highest BCUT2D eigenvalue weighted by Crippen LogP contribution is 2.35. The fourth-order valence-corrected chi connectivity index (χ4v) is 3.82. The van der Waals surface area contributed by atoms with Crippen molar-refractivity contribution in [3.8, 4) is 0 Å². The predicted molar refractivity (Wildman–Crippen MR) is 88.5 cm³/mol. The van der Waals surface area contributed by atoms with Crippen LogP contribution in [0.2, 0.25) is 0 Å². The summed E-state index contributed by atoms with van der Waals surface area (Å²) in [5.74, 6) is -0.999. The zero-order valence-electron chi connectivity index (χ0n) is 13.5. The number of nitrogen functional groups attached to an aromatic ring is 1. The van der Waals surface area contributed by atoms with Gasteiger partial charge in [0.05, 0.1) is 11.7 Å². The van der Waals surface area contributed by atoms with Crippen LogP contribution >= 0.6 is 11.3 Å². The Morgan fingerprint density at radius 1 is 1.54 bits per heavy atom. The Morgan fingerprint density at radius 3 is 2.96 bits per heavy atom. The first-order valence-electron chi connectivity index (χ1n) is 7.75. The molecule has 0 aliphatic carbocycles. The maximum Gasteiger partial charge on any atom is 0.346 e. The molecule has 1 aliphatic rings. The predicted octanol–water partition coefficient (Wildman–Crippen LogP) is 2.54. The fraction of sp³-hybridized carbons (Fsp3) is 0.438. The molecule has 2 N–H and O–H groups in total. The van der Waals surface area contributed by atoms with E-state index in [4.69, 9.17) is 15.0 Å². The zero-order chi connectivity index (χ0) is 17.3. The highest BCUT2D eigenvalue weighted by molar-refractivity contribution is 7.10. The molecule has 8 heteroatoms. The van der Waals surface area contributed by atoms with Gasteiger partial charge < -0.3 is 19.9 Å². The quantitative estimate of drug-likeness (QED) is 0.852. The highest BCUT2D eigenvalue weighted by Gasteiger charge is 2.35. The number of aryl methyl sites for hydroxylation is 1. The molecule has 2 aromatic rings. The van der Waals surface area contributed by atoms with E-state index in [0.717, 1.165) is 17.7 Å². The van der Waals surface area contributed by atoms with Crippen molar-refractivity contribution in [3.05, 3.63) is 33.6 Å². The summed E-state index contributed by atoms with van der Waals surface area (Å²) in [5, 5.41) is 5.62. The van der Waals surface area contributed by atoms with Gasteiger partial charge in [-0.2, -0.15) is 0 Å². The van der Waals surface area contributed by atoms with E-state index in [2.05, 4.69) is 5.16 Å². The molecule has 0 radical (unpaired) electrons. The summed E-state index contributed by atoms with van der Waals surface area (Å²) in [6, 6.07) is 4.06. The van der Waals surface area contributed by atoms with E-state index < -0.39 is 12.1 Å². The lowest BCUT2D eigenvalue weighted by molar-refractivity contribution is -0.140. The van der Waals surface area contributed by atoms with Crippen LogP contribution in [0.25, 0.3) is 0 Å². The molecule has 0 spiro atoms. The summed E-state index contributed by atoms with van der Waals surface area (Å²) in [6.07, 6.45) is 0.962. The molecule has 1 fully saturated rings. The Hall–Kier alpha value is -2.35. The molecule has 24 heavy (non-hydrogen) atoms. The number of rotatable bonds is 4. The number of amides is 1. The van der Waals surface area contributed by atoms with Gasteiger partial charge >= 0.3 is 5.97 Å². The molecule has 0 bridgehead atoms. The largest absolute Gasteiger partial charge is 0.449 e. The minimum Gasteiger partial charge on any atom is -0.449 e. The van der Waals surface area contributed by atoms with E-state index >= 15 is 0 Å². The van der Waals surface area contributed by atoms with Crippen LogP contribution in [0.5, 0.6) is 0 Å². The Kier molecular flexibility index (Phi) is 4.57. The number of carbonyl (C=O) groups is 2. The van der Waals surface area contributed by atoms with E-state index in [9.17, 15) is 9.59 Å². The third kappa shape index (κ3) is 3.01. The van der Waals surface area contributed by atoms with Gasteiger partial charge in [-0.1, -0.05) is 11.2 Å². The van der Waals surface area contributed by atoms with Crippen LogP contribution in [0, 0.1) is 6.92 Å². The standard InChI is InChI=1S/C16H19N3O4S/c1-9-13(14(17)23-18-9)16(21)22-10(2)15(20)19-7-3-5-11(19)12-6-4-8-24-12/h4,6,8,10-11H,3,5,7,17H2,1-2H3/t10-,11+/m0/s1. The number of aromatic nitrogens is 1. The van der Waals surface area contributed by atoms with Crippen LogP contribution in [0.3, 0.4) is 0 Å². The number of hydrogen-bond acceptors (Lipinski definition) is 7. The summed E-state index contributed by atoms with van der Waals surface area (Å²) in [6.45, 7) is 3.83. The van der Waals surface area contributed by atoms with Crippen LogP contribution in [0.4, 0.5) is 5.88 Å². The zero-order valence-corrected chi connectivity index (χ0v) is 14.3. The van der Waals surface area contributed by atoms with E-state index in [0.29, 0.717) is 12.2 Å². The van der Waals surface area contributed by atoms with E-state index in [1.807, 2.05) is 17.5 Å². The lowest BCUT2D eigenvalue weighted by Crippen LogP contribution is -2.39. The van der Waals surface area contributed by atoms with Crippen molar-refractivity contribution in [3.63, 3.8) is 0 Å². The molecule has 3 rings (SSSR count). The number of nitrogens with two attached hydrogens (primary N) is 1. The monoisotopic (exact) mass is 349 g/mol. The first-order valence-corrected chi connectivity index (χ1v) is 8.63. The van der Waals surface area contributed by atoms with Gasteiger partial charge in [-0.15, -0.1) is 11.3 Å². The maximum absolute atomic E-state index is 12.7. The SMILES string of the molecule is Cc1noc(N)c1C(=O)O[C@@H](C)C(=O)N1CCC[C@@H]1c1cccs1. The molecule has 0 unspecified atom stereocenters. The molecule has 0 saturated carbocycles. The van der Waals surface area contributed by atoms with Crippen LogP contribution in [0.15, 0.2) is 22.0 Å². The van der Waals surface area contributed by atoms with Crippen LogP contribution in [0.1, 0.15) is 46.7 Å². The minimum absolute atomic E-state index is 0.0565. The molecule has 0 aromatic carbocycles. The van der Waals surface area contributed by atoms with Crippen molar-refractivity contribution < 1.29 is 18.8 Å². The molecule has 1 aliphatic heterocycles. The van der Waals surface area contributed by atoms with Crippen molar-refractivity contribution in [1.29, 1.82) is 0 Å². The van der Waals surface area contributed by atoms with Gasteiger partial charge in [-0.05, 0) is 38.1 Å². The third-order valence-electron chi connectivity index (χ3n) is 4.13. The summed E-state index contributed by atoms with van der Waals surface area (Å²) in [7, 11) is 0. The number of carbonyl (C=O) groups excluding carboxylic acids is 2. The maximum atomic E-state index is 12.7. The first kappa shape index (κ1) is 16.5. The van der Waals surface area contributed by atoms with Crippen molar-refractivity contribution in [1.82, 2.24) is 10.1 Å². The lowest BCUT2D eigenvalue weighted by atomic mass is 10.2. The number of thiophene rings is 1. The van der Waals surface area contributed by atoms with Crippen molar-refractivity contribution in [2.45, 2.75) is 38.8 Å². The fourth-order valence-electron chi connectivity index (χ4n) is 2.95. The second kappa shape index (κ2) is 6.64. The third-order valence-corrected chi connectivity index (χ3v) is 5.11. The second-order valence-electron chi connectivity index (χ2n) is 5.76. The van der Waals surface area contributed by atoms with Gasteiger partial charge in [0.15, 0.2) is 6.10 Å². The van der Waals surface area contributed by atoms with Gasteiger partial charge in [0.25, 0.3) is 5.91 Å². The van der Waals surface area contributed by atoms with Crippen molar-refractivity contribution in [2.24, 2.45) is 0 Å². The highest BCUT2D eigenvalue weighted by atomic mass is 32.1. The van der Waals surface area contributed by atoms with Crippen LogP contribution in [-0.4, -0.2) is 34.6 Å². The average molecular weight is 349 g/mol. The minimum atomic E-state index is -0.897. The number of esters is 1.